The Bertz CT molecular complexity index is 66.0. The van der Waals surface area contributed by atoms with Gasteiger partial charge in [-0.3, -0.25) is 4.79 Å². The highest BCUT2D eigenvalue weighted by molar-refractivity contribution is 5.76. The third-order valence-electron chi connectivity index (χ3n) is 0.341. The predicted molar refractivity (Wildman–Crippen MR) is 21.2 cm³/mol. The summed E-state index contributed by atoms with van der Waals surface area (Å²) in [6.07, 6.45) is 0. The van der Waals surface area contributed by atoms with Crippen LogP contribution in [0.5, 0.6) is 0 Å². The van der Waals surface area contributed by atoms with Crippen molar-refractivity contribution in [2.45, 2.75) is 0 Å². The smallest absolute Gasteiger partial charge is 0.245 e. The van der Waals surface area contributed by atoms with Gasteiger partial charge in [0, 0.05) is 8.39 Å². The first-order valence-electron chi connectivity index (χ1n) is 2.18. The van der Waals surface area contributed by atoms with Crippen LogP contribution in [0.15, 0.2) is 0 Å². The average molecular weight is 90.1 g/mol. The van der Waals surface area contributed by atoms with E-state index in [9.17, 15) is 4.79 Å². The summed E-state index contributed by atoms with van der Waals surface area (Å²) in [5, 5.41) is 10.0. The maximum absolute atomic E-state index is 9.93. The minimum absolute atomic E-state index is 0.167. The molecule has 0 rings (SSSR count). The van der Waals surface area contributed by atoms with Crippen molar-refractivity contribution in [2.24, 2.45) is 0 Å². The number of carbonyl (C=O) groups is 1. The first-order chi connectivity index (χ1) is 3.31. The Morgan fingerprint density at radius 3 is 3.17 bits per heavy atom. The van der Waals surface area contributed by atoms with Gasteiger partial charge in [0.2, 0.25) is 5.91 Å². The molecular formula is C3H7NO2. The molecule has 0 aliphatic heterocycles. The molecule has 0 saturated carbocycles. The van der Waals surface area contributed by atoms with E-state index in [4.69, 9.17) is 6.48 Å². The molecule has 0 radical (unpaired) electrons. The molecule has 3 nitrogen and oxygen atoms in total. The van der Waals surface area contributed by atoms with E-state index in [1.165, 1.54) is 0 Å². The Balaban J connectivity index is 3.00. The topological polar surface area (TPSA) is 49.3 Å². The molecule has 0 fully saturated rings. The Kier molecular flexibility index (Phi) is 1.60. The summed E-state index contributed by atoms with van der Waals surface area (Å²) in [5.41, 5.74) is 0. The lowest BCUT2D eigenvalue weighted by Crippen LogP contribution is -2.20. The molecule has 0 unspecified atom stereocenters. The van der Waals surface area contributed by atoms with Crippen LogP contribution in [-0.4, -0.2) is 24.6 Å². The van der Waals surface area contributed by atoms with Crippen LogP contribution >= 0.6 is 0 Å². The lowest BCUT2D eigenvalue weighted by molar-refractivity contribution is -0.123. The second-order valence-electron chi connectivity index (χ2n) is 0.758. The van der Waals surface area contributed by atoms with Crippen LogP contribution in [0.4, 0.5) is 0 Å². The number of hydrogen-bond donors (Lipinski definition) is 2. The van der Waals surface area contributed by atoms with Gasteiger partial charge in [-0.25, -0.2) is 0 Å². The summed E-state index contributed by atoms with van der Waals surface area (Å²) >= 11 is 0. The van der Waals surface area contributed by atoms with E-state index in [-0.39, 0.29) is 7.02 Å². The number of hydrogen-bond acceptors (Lipinski definition) is 2. The van der Waals surface area contributed by atoms with Crippen LogP contribution < -0.4 is 5.32 Å². The Morgan fingerprint density at radius 2 is 3.00 bits per heavy atom. The van der Waals surface area contributed by atoms with Crippen LogP contribution in [0.25, 0.3) is 0 Å². The predicted octanol–water partition coefficient (Wildman–Crippen LogP) is -1.28. The van der Waals surface area contributed by atoms with Gasteiger partial charge < -0.3 is 10.4 Å². The van der Waals surface area contributed by atoms with Gasteiger partial charge in [0.05, 0.1) is 0 Å². The second kappa shape index (κ2) is 2.66. The summed E-state index contributed by atoms with van der Waals surface area (Å²) in [7, 11) is -0.167. The lowest BCUT2D eigenvalue weighted by Gasteiger charge is -1.86. The number of aliphatic hydroxyl groups excluding tert-OH is 1. The normalized spacial score (nSPS) is 9.83. The largest absolute Gasteiger partial charge is 0.387 e. The zero-order valence-electron chi connectivity index (χ0n) is 4.27. The highest BCUT2D eigenvalue weighted by atomic mass is 16.3. The molecule has 1 amide bonds. The molecule has 0 aromatic rings. The Morgan fingerprint density at radius 1 is 2.33 bits per heavy atom. The number of carbonyl (C=O) groups excluding carboxylic acids is 1. The minimum Gasteiger partial charge on any atom is -0.387 e. The molecular weight excluding hydrogens is 82.0 g/mol. The quantitative estimate of drug-likeness (QED) is 0.421. The maximum Gasteiger partial charge on any atom is 0.245 e. The summed E-state index contributed by atoms with van der Waals surface area (Å²) in [5.74, 6) is -0.505. The second-order valence-corrected chi connectivity index (χ2v) is 0.758. The van der Waals surface area contributed by atoms with E-state index in [1.807, 2.05) is 0 Å². The monoisotopic (exact) mass is 90.1 g/mol. The Labute approximate surface area is 37.4 Å². The molecule has 0 spiro atoms. The van der Waals surface area contributed by atoms with Crippen molar-refractivity contribution in [3.05, 3.63) is 0 Å². The van der Waals surface area contributed by atoms with Gasteiger partial charge in [-0.2, -0.15) is 0 Å². The zero-order valence-corrected chi connectivity index (χ0v) is 3.27. The van der Waals surface area contributed by atoms with Crippen LogP contribution in [-0.2, 0) is 4.79 Å². The SMILES string of the molecule is [2H]CNC(=O)CO. The molecule has 0 aromatic carbocycles. The van der Waals surface area contributed by atoms with E-state index < -0.39 is 12.5 Å². The Hall–Kier alpha value is -0.570. The third-order valence-corrected chi connectivity index (χ3v) is 0.341. The van der Waals surface area contributed by atoms with Crippen LogP contribution in [0.3, 0.4) is 0 Å². The minimum atomic E-state index is -0.529. The van der Waals surface area contributed by atoms with Crippen LogP contribution in [0, 0.1) is 0 Å². The van der Waals surface area contributed by atoms with Gasteiger partial charge in [-0.15, -0.1) is 0 Å². The number of likely N-dealkylation sites (N-methyl/N-ethyl adjacent to an activating group) is 1. The molecule has 0 aliphatic rings. The lowest BCUT2D eigenvalue weighted by atomic mass is 10.7. The van der Waals surface area contributed by atoms with E-state index in [1.54, 1.807) is 0 Å². The van der Waals surface area contributed by atoms with Crippen molar-refractivity contribution in [1.82, 2.24) is 5.32 Å². The van der Waals surface area contributed by atoms with Gasteiger partial charge in [0.15, 0.2) is 0 Å². The molecule has 2 N–H and O–H groups in total. The standard InChI is InChI=1S/C3H7NO2/c1-4-3(6)2-5/h5H,2H2,1H3,(H,4,6)/i1D. The van der Waals surface area contributed by atoms with Gasteiger partial charge in [-0.1, -0.05) is 0 Å². The first-order valence-corrected chi connectivity index (χ1v) is 1.48. The maximum atomic E-state index is 9.93. The summed E-state index contributed by atoms with van der Waals surface area (Å²) < 4.78 is 6.39. The van der Waals surface area contributed by atoms with Gasteiger partial charge >= 0.3 is 0 Å². The fraction of sp³-hybridized carbons (Fsp3) is 0.667. The average Bonchev–Trinajstić information content (AvgIpc) is 1.68. The van der Waals surface area contributed by atoms with Gasteiger partial charge in [-0.05, 0) is 0 Å². The summed E-state index contributed by atoms with van der Waals surface area (Å²) in [4.78, 5) is 9.93. The van der Waals surface area contributed by atoms with Crippen LogP contribution in [0.1, 0.15) is 1.37 Å². The van der Waals surface area contributed by atoms with Crippen molar-refractivity contribution in [2.75, 3.05) is 13.6 Å². The number of rotatable bonds is 1. The molecule has 36 valence electrons. The number of nitrogens with one attached hydrogen (secondary N) is 1. The van der Waals surface area contributed by atoms with Crippen molar-refractivity contribution >= 4 is 5.91 Å². The fourth-order valence-corrected chi connectivity index (χ4v) is 0.0559. The molecule has 0 aliphatic carbocycles. The summed E-state index contributed by atoms with van der Waals surface area (Å²) in [6.45, 7) is -0.529. The van der Waals surface area contributed by atoms with E-state index >= 15 is 0 Å². The highest BCUT2D eigenvalue weighted by Gasteiger charge is 1.86. The molecule has 3 heteroatoms. The van der Waals surface area contributed by atoms with Crippen molar-refractivity contribution in [3.8, 4) is 0 Å². The zero-order chi connectivity index (χ0) is 5.70. The van der Waals surface area contributed by atoms with Gasteiger partial charge in [0.25, 0.3) is 0 Å². The third kappa shape index (κ3) is 1.72. The van der Waals surface area contributed by atoms with Crippen molar-refractivity contribution in [3.63, 3.8) is 0 Å². The first kappa shape index (κ1) is 3.61. The van der Waals surface area contributed by atoms with Crippen molar-refractivity contribution in [1.29, 1.82) is 0 Å². The molecule has 0 atom stereocenters. The van der Waals surface area contributed by atoms with E-state index in [0.717, 1.165) is 0 Å². The highest BCUT2D eigenvalue weighted by Crippen LogP contribution is 1.51. The van der Waals surface area contributed by atoms with E-state index in [2.05, 4.69) is 5.32 Å². The van der Waals surface area contributed by atoms with E-state index in [0.29, 0.717) is 0 Å². The molecule has 0 saturated heterocycles. The van der Waals surface area contributed by atoms with Crippen LogP contribution in [0.2, 0.25) is 0 Å². The number of aliphatic hydroxyl groups is 1. The molecule has 6 heavy (non-hydrogen) atoms. The summed E-state index contributed by atoms with van der Waals surface area (Å²) in [6, 6.07) is 0. The number of amides is 1. The van der Waals surface area contributed by atoms with Gasteiger partial charge in [0.1, 0.15) is 6.61 Å². The fourth-order valence-electron chi connectivity index (χ4n) is 0.0559. The molecule has 0 heterocycles. The molecule has 0 aromatic heterocycles. The van der Waals surface area contributed by atoms with Crippen molar-refractivity contribution < 1.29 is 11.3 Å². The molecule has 0 bridgehead atoms.